The number of rotatable bonds is 10. The summed E-state index contributed by atoms with van der Waals surface area (Å²) >= 11 is 0. The maximum absolute atomic E-state index is 13.7. The van der Waals surface area contributed by atoms with Gasteiger partial charge in [0, 0.05) is 32.0 Å². The lowest BCUT2D eigenvalue weighted by Crippen LogP contribution is -2.30. The third-order valence-corrected chi connectivity index (χ3v) is 8.48. The SMILES string of the molecule is COc1cccc(OC)c1-n1c(CS(=O)(=O)[C@@H](C)[C@H](OC)c2ncc(C)cn2)nnc1[C@H]1CCNC1. The molecule has 3 aromatic rings. The van der Waals surface area contributed by atoms with Crippen LogP contribution < -0.4 is 14.8 Å². The molecule has 4 rings (SSSR count). The van der Waals surface area contributed by atoms with Gasteiger partial charge in [0.25, 0.3) is 0 Å². The number of methoxy groups -OCH3 is 3. The molecular formula is C24H32N6O5S. The van der Waals surface area contributed by atoms with Crippen molar-refractivity contribution in [2.45, 2.75) is 43.3 Å². The van der Waals surface area contributed by atoms with Gasteiger partial charge in [0.15, 0.2) is 21.5 Å². The molecule has 3 atom stereocenters. The normalized spacial score (nSPS) is 17.6. The summed E-state index contributed by atoms with van der Waals surface area (Å²) in [5.41, 5.74) is 1.44. The highest BCUT2D eigenvalue weighted by atomic mass is 32.2. The standard InChI is InChI=1S/C24H32N6O5S/c1-15-11-26-23(27-12-15)22(35-5)16(2)36(31,32)14-20-28-29-24(17-9-10-25-13-17)30(20)21-18(33-3)7-6-8-19(21)34-4/h6-8,11-12,16-17,22,25H,9-10,13-14H2,1-5H3/t16-,17-,22-/m0/s1. The molecule has 0 radical (unpaired) electrons. The summed E-state index contributed by atoms with van der Waals surface area (Å²) in [6.45, 7) is 5.02. The lowest BCUT2D eigenvalue weighted by molar-refractivity contribution is 0.0947. The Hall–Kier alpha value is -3.09. The Kier molecular flexibility index (Phi) is 7.86. The highest BCUT2D eigenvalue weighted by molar-refractivity contribution is 7.91. The first kappa shape index (κ1) is 26.0. The molecule has 1 aromatic carbocycles. The summed E-state index contributed by atoms with van der Waals surface area (Å²) in [6.07, 6.45) is 3.29. The van der Waals surface area contributed by atoms with Crippen LogP contribution in [-0.4, -0.2) is 72.8 Å². The second-order valence-electron chi connectivity index (χ2n) is 8.80. The van der Waals surface area contributed by atoms with Gasteiger partial charge in [-0.25, -0.2) is 18.4 Å². The fraction of sp³-hybridized carbons (Fsp3) is 0.500. The van der Waals surface area contributed by atoms with Crippen LogP contribution in [0, 0.1) is 6.92 Å². The second-order valence-corrected chi connectivity index (χ2v) is 11.2. The number of hydrogen-bond donors (Lipinski definition) is 1. The minimum atomic E-state index is -3.79. The zero-order valence-corrected chi connectivity index (χ0v) is 21.9. The topological polar surface area (TPSA) is 130 Å². The molecule has 0 spiro atoms. The summed E-state index contributed by atoms with van der Waals surface area (Å²) in [4.78, 5) is 8.57. The number of sulfone groups is 1. The van der Waals surface area contributed by atoms with Crippen LogP contribution in [0.1, 0.15) is 48.4 Å². The van der Waals surface area contributed by atoms with E-state index in [-0.39, 0.29) is 17.5 Å². The van der Waals surface area contributed by atoms with E-state index in [1.165, 1.54) is 7.11 Å². The Morgan fingerprint density at radius 2 is 1.78 bits per heavy atom. The van der Waals surface area contributed by atoms with Crippen LogP contribution in [0.15, 0.2) is 30.6 Å². The first-order chi connectivity index (χ1) is 17.3. The van der Waals surface area contributed by atoms with Gasteiger partial charge in [-0.15, -0.1) is 10.2 Å². The Balaban J connectivity index is 1.77. The third kappa shape index (κ3) is 5.06. The minimum absolute atomic E-state index is 0.0636. The first-order valence-corrected chi connectivity index (χ1v) is 13.4. The Bertz CT molecular complexity index is 1270. The summed E-state index contributed by atoms with van der Waals surface area (Å²) in [7, 11) is 0.780. The molecule has 3 heterocycles. The molecular weight excluding hydrogens is 484 g/mol. The van der Waals surface area contributed by atoms with Crippen LogP contribution in [0.2, 0.25) is 0 Å². The molecule has 1 saturated heterocycles. The van der Waals surface area contributed by atoms with Crippen molar-refractivity contribution in [2.24, 2.45) is 0 Å². The fourth-order valence-corrected chi connectivity index (χ4v) is 5.83. The number of para-hydroxylation sites is 1. The van der Waals surface area contributed by atoms with E-state index in [0.717, 1.165) is 25.1 Å². The van der Waals surface area contributed by atoms with Crippen LogP contribution in [-0.2, 0) is 20.3 Å². The molecule has 0 saturated carbocycles. The van der Waals surface area contributed by atoms with Gasteiger partial charge in [-0.2, -0.15) is 0 Å². The Labute approximate surface area is 211 Å². The molecule has 12 heteroatoms. The van der Waals surface area contributed by atoms with Crippen molar-refractivity contribution < 1.29 is 22.6 Å². The zero-order valence-electron chi connectivity index (χ0n) is 21.1. The second kappa shape index (κ2) is 10.9. The lowest BCUT2D eigenvalue weighted by atomic mass is 10.1. The highest BCUT2D eigenvalue weighted by Gasteiger charge is 2.36. The highest BCUT2D eigenvalue weighted by Crippen LogP contribution is 2.37. The molecule has 194 valence electrons. The number of ether oxygens (including phenoxy) is 3. The van der Waals surface area contributed by atoms with E-state index in [1.54, 1.807) is 50.2 Å². The van der Waals surface area contributed by atoms with Gasteiger partial charge in [-0.05, 0) is 44.5 Å². The van der Waals surface area contributed by atoms with Gasteiger partial charge < -0.3 is 19.5 Å². The van der Waals surface area contributed by atoms with Gasteiger partial charge in [0.2, 0.25) is 0 Å². The molecule has 11 nitrogen and oxygen atoms in total. The van der Waals surface area contributed by atoms with Gasteiger partial charge in [-0.1, -0.05) is 6.07 Å². The zero-order chi connectivity index (χ0) is 25.9. The van der Waals surface area contributed by atoms with Gasteiger partial charge in [0.05, 0.1) is 19.5 Å². The summed E-state index contributed by atoms with van der Waals surface area (Å²) in [6, 6.07) is 5.40. The largest absolute Gasteiger partial charge is 0.494 e. The monoisotopic (exact) mass is 516 g/mol. The molecule has 1 aliphatic rings. The average molecular weight is 517 g/mol. The molecule has 0 bridgehead atoms. The maximum atomic E-state index is 13.7. The minimum Gasteiger partial charge on any atom is -0.494 e. The molecule has 0 unspecified atom stereocenters. The van der Waals surface area contributed by atoms with Crippen molar-refractivity contribution in [3.8, 4) is 17.2 Å². The summed E-state index contributed by atoms with van der Waals surface area (Å²) in [5, 5.41) is 11.2. The van der Waals surface area contributed by atoms with Crippen molar-refractivity contribution in [3.05, 3.63) is 53.6 Å². The number of aromatic nitrogens is 5. The number of aryl methyl sites for hydroxylation is 1. The van der Waals surface area contributed by atoms with E-state index in [2.05, 4.69) is 25.5 Å². The number of nitrogens with one attached hydrogen (secondary N) is 1. The van der Waals surface area contributed by atoms with E-state index in [9.17, 15) is 8.42 Å². The van der Waals surface area contributed by atoms with Gasteiger partial charge >= 0.3 is 0 Å². The smallest absolute Gasteiger partial charge is 0.163 e. The predicted molar refractivity (Wildman–Crippen MR) is 133 cm³/mol. The number of nitrogens with zero attached hydrogens (tertiary/aromatic N) is 5. The van der Waals surface area contributed by atoms with Crippen molar-refractivity contribution in [1.82, 2.24) is 30.0 Å². The van der Waals surface area contributed by atoms with Gasteiger partial charge in [-0.3, -0.25) is 4.57 Å². The van der Waals surface area contributed by atoms with Crippen LogP contribution >= 0.6 is 0 Å². The molecule has 0 amide bonds. The molecule has 1 N–H and O–H groups in total. The van der Waals surface area contributed by atoms with Crippen molar-refractivity contribution in [2.75, 3.05) is 34.4 Å². The quantitative estimate of drug-likeness (QED) is 0.428. The molecule has 2 aromatic heterocycles. The first-order valence-electron chi connectivity index (χ1n) is 11.7. The molecule has 0 aliphatic carbocycles. The predicted octanol–water partition coefficient (Wildman–Crippen LogP) is 2.15. The summed E-state index contributed by atoms with van der Waals surface area (Å²) < 4.78 is 45.9. The fourth-order valence-electron chi connectivity index (χ4n) is 4.42. The van der Waals surface area contributed by atoms with Crippen LogP contribution in [0.5, 0.6) is 11.5 Å². The van der Waals surface area contributed by atoms with Crippen LogP contribution in [0.4, 0.5) is 0 Å². The molecule has 36 heavy (non-hydrogen) atoms. The van der Waals surface area contributed by atoms with Crippen molar-refractivity contribution in [1.29, 1.82) is 0 Å². The van der Waals surface area contributed by atoms with Crippen LogP contribution in [0.3, 0.4) is 0 Å². The van der Waals surface area contributed by atoms with Gasteiger partial charge in [0.1, 0.15) is 34.9 Å². The summed E-state index contributed by atoms with van der Waals surface area (Å²) in [5.74, 6) is 1.98. The van der Waals surface area contributed by atoms with E-state index in [4.69, 9.17) is 14.2 Å². The van der Waals surface area contributed by atoms with E-state index >= 15 is 0 Å². The third-order valence-electron chi connectivity index (χ3n) is 6.44. The number of benzene rings is 1. The molecule has 1 aliphatic heterocycles. The van der Waals surface area contributed by atoms with E-state index in [1.807, 2.05) is 13.0 Å². The molecule has 1 fully saturated rings. The lowest BCUT2D eigenvalue weighted by Gasteiger charge is -2.22. The van der Waals surface area contributed by atoms with Crippen molar-refractivity contribution in [3.63, 3.8) is 0 Å². The average Bonchev–Trinajstić information content (AvgIpc) is 3.54. The number of hydrogen-bond acceptors (Lipinski definition) is 10. The Morgan fingerprint density at radius 1 is 1.11 bits per heavy atom. The van der Waals surface area contributed by atoms with Crippen molar-refractivity contribution >= 4 is 9.84 Å². The maximum Gasteiger partial charge on any atom is 0.163 e. The van der Waals surface area contributed by atoms with E-state index in [0.29, 0.717) is 28.8 Å². The Morgan fingerprint density at radius 3 is 2.33 bits per heavy atom. The van der Waals surface area contributed by atoms with E-state index < -0.39 is 21.2 Å². The van der Waals surface area contributed by atoms with Crippen LogP contribution in [0.25, 0.3) is 5.69 Å².